The number of urea groups is 1. The Bertz CT molecular complexity index is 660. The van der Waals surface area contributed by atoms with Gasteiger partial charge in [0, 0.05) is 18.7 Å². The number of primary sulfonamides is 1. The third-order valence-electron chi connectivity index (χ3n) is 2.94. The number of sulfonamides is 1. The lowest BCUT2D eigenvalue weighted by molar-refractivity contribution is -0.135. The van der Waals surface area contributed by atoms with Gasteiger partial charge in [-0.1, -0.05) is 13.0 Å². The Morgan fingerprint density at radius 2 is 1.96 bits per heavy atom. The van der Waals surface area contributed by atoms with Gasteiger partial charge in [0.25, 0.3) is 0 Å². The van der Waals surface area contributed by atoms with Crippen molar-refractivity contribution in [1.29, 1.82) is 0 Å². The summed E-state index contributed by atoms with van der Waals surface area (Å²) in [5.74, 6) is 0. The molecule has 0 atom stereocenters. The minimum Gasteiger partial charge on any atom is -0.338 e. The molecule has 0 saturated heterocycles. The van der Waals surface area contributed by atoms with Gasteiger partial charge in [0.1, 0.15) is 0 Å². The van der Waals surface area contributed by atoms with E-state index in [9.17, 15) is 26.4 Å². The summed E-state index contributed by atoms with van der Waals surface area (Å²) in [5.41, 5.74) is 0.684. The summed E-state index contributed by atoms with van der Waals surface area (Å²) in [6.07, 6.45) is -5.06. The highest BCUT2D eigenvalue weighted by Gasteiger charge is 2.26. The number of aryl methyl sites for hydroxylation is 1. The van der Waals surface area contributed by atoms with E-state index in [0.717, 1.165) is 0 Å². The fourth-order valence-corrected chi connectivity index (χ4v) is 2.72. The van der Waals surface area contributed by atoms with Crippen LogP contribution in [0.5, 0.6) is 0 Å². The van der Waals surface area contributed by atoms with Crippen LogP contribution in [0, 0.1) is 0 Å². The summed E-state index contributed by atoms with van der Waals surface area (Å²) >= 11 is 0. The van der Waals surface area contributed by atoms with Crippen LogP contribution in [0.15, 0.2) is 23.1 Å². The van der Waals surface area contributed by atoms with E-state index in [0.29, 0.717) is 12.0 Å². The highest BCUT2D eigenvalue weighted by molar-refractivity contribution is 7.89. The van der Waals surface area contributed by atoms with E-state index < -0.39 is 28.7 Å². The average molecular weight is 353 g/mol. The second-order valence-corrected chi connectivity index (χ2v) is 6.35. The first kappa shape index (κ1) is 19.2. The molecule has 0 aliphatic carbocycles. The minimum atomic E-state index is -4.27. The van der Waals surface area contributed by atoms with Crippen molar-refractivity contribution in [3.8, 4) is 0 Å². The maximum Gasteiger partial charge on any atom is 0.389 e. The smallest absolute Gasteiger partial charge is 0.338 e. The summed E-state index contributed by atoms with van der Waals surface area (Å²) < 4.78 is 58.9. The van der Waals surface area contributed by atoms with E-state index in [1.54, 1.807) is 6.92 Å². The number of hydrogen-bond donors (Lipinski definition) is 3. The zero-order chi connectivity index (χ0) is 17.7. The number of halogens is 3. The SMILES string of the molecule is CCc1ccc(NC(=O)NCCCC(F)(F)F)cc1S(N)(=O)=O. The molecule has 1 aromatic carbocycles. The molecule has 1 rings (SSSR count). The normalized spacial score (nSPS) is 12.0. The van der Waals surface area contributed by atoms with Gasteiger partial charge in [0.2, 0.25) is 10.0 Å². The van der Waals surface area contributed by atoms with E-state index in [4.69, 9.17) is 5.14 Å². The predicted octanol–water partition coefficient (Wildman–Crippen LogP) is 2.36. The number of carbonyl (C=O) groups excluding carboxylic acids is 1. The van der Waals surface area contributed by atoms with Crippen molar-refractivity contribution in [3.05, 3.63) is 23.8 Å². The Balaban J connectivity index is 2.65. The first-order valence-electron chi connectivity index (χ1n) is 6.80. The lowest BCUT2D eigenvalue weighted by Crippen LogP contribution is -2.30. The predicted molar refractivity (Wildman–Crippen MR) is 79.5 cm³/mol. The zero-order valence-electron chi connectivity index (χ0n) is 12.4. The molecular weight excluding hydrogens is 335 g/mol. The minimum absolute atomic E-state index is 0.102. The molecule has 4 N–H and O–H groups in total. The number of nitrogens with one attached hydrogen (secondary N) is 2. The second kappa shape index (κ2) is 7.64. The topological polar surface area (TPSA) is 101 Å². The molecular formula is C13H18F3N3O3S. The molecule has 0 aromatic heterocycles. The molecule has 23 heavy (non-hydrogen) atoms. The van der Waals surface area contributed by atoms with Gasteiger partial charge >= 0.3 is 12.2 Å². The standard InChI is InChI=1S/C13H18F3N3O3S/c1-2-9-4-5-10(8-11(9)23(17,21)22)19-12(20)18-7-3-6-13(14,15)16/h4-5,8H,2-3,6-7H2,1H3,(H2,17,21,22)(H2,18,19,20). The largest absolute Gasteiger partial charge is 0.389 e. The molecule has 0 aliphatic heterocycles. The zero-order valence-corrected chi connectivity index (χ0v) is 13.2. The van der Waals surface area contributed by atoms with Crippen molar-refractivity contribution in [2.45, 2.75) is 37.3 Å². The number of hydrogen-bond acceptors (Lipinski definition) is 3. The first-order chi connectivity index (χ1) is 10.5. The second-order valence-electron chi connectivity index (χ2n) is 4.82. The lowest BCUT2D eigenvalue weighted by Gasteiger charge is -2.11. The molecule has 0 spiro atoms. The van der Waals surface area contributed by atoms with Crippen LogP contribution in [0.2, 0.25) is 0 Å². The fourth-order valence-electron chi connectivity index (χ4n) is 1.86. The van der Waals surface area contributed by atoms with E-state index in [1.807, 2.05) is 0 Å². The van der Waals surface area contributed by atoms with Crippen LogP contribution in [-0.2, 0) is 16.4 Å². The number of anilines is 1. The molecule has 0 heterocycles. The molecule has 1 aromatic rings. The highest BCUT2D eigenvalue weighted by Crippen LogP contribution is 2.21. The van der Waals surface area contributed by atoms with Crippen LogP contribution < -0.4 is 15.8 Å². The maximum atomic E-state index is 12.0. The van der Waals surface area contributed by atoms with Gasteiger partial charge in [-0.05, 0) is 30.5 Å². The molecule has 0 unspecified atom stereocenters. The van der Waals surface area contributed by atoms with Crippen molar-refractivity contribution < 1.29 is 26.4 Å². The summed E-state index contributed by atoms with van der Waals surface area (Å²) in [5, 5.41) is 9.72. The van der Waals surface area contributed by atoms with Crippen LogP contribution in [0.4, 0.5) is 23.7 Å². The summed E-state index contributed by atoms with van der Waals surface area (Å²) in [4.78, 5) is 11.5. The van der Waals surface area contributed by atoms with Crippen molar-refractivity contribution >= 4 is 21.7 Å². The molecule has 2 amide bonds. The number of benzene rings is 1. The Morgan fingerprint density at radius 3 is 2.48 bits per heavy atom. The van der Waals surface area contributed by atoms with Gasteiger partial charge in [0.05, 0.1) is 4.90 Å². The Labute approximate surface area is 132 Å². The van der Waals surface area contributed by atoms with Crippen molar-refractivity contribution in [3.63, 3.8) is 0 Å². The molecule has 6 nitrogen and oxygen atoms in total. The van der Waals surface area contributed by atoms with E-state index in [-0.39, 0.29) is 23.5 Å². The molecule has 0 bridgehead atoms. The van der Waals surface area contributed by atoms with Gasteiger partial charge in [0.15, 0.2) is 0 Å². The van der Waals surface area contributed by atoms with Crippen LogP contribution in [0.3, 0.4) is 0 Å². The molecule has 0 radical (unpaired) electrons. The van der Waals surface area contributed by atoms with Crippen LogP contribution in [0.1, 0.15) is 25.3 Å². The maximum absolute atomic E-state index is 12.0. The number of carbonyl (C=O) groups is 1. The first-order valence-corrected chi connectivity index (χ1v) is 8.35. The van der Waals surface area contributed by atoms with Gasteiger partial charge in [-0.2, -0.15) is 13.2 Å². The van der Waals surface area contributed by atoms with Gasteiger partial charge in [-0.25, -0.2) is 18.4 Å². The van der Waals surface area contributed by atoms with Gasteiger partial charge < -0.3 is 10.6 Å². The average Bonchev–Trinajstić information content (AvgIpc) is 2.41. The Morgan fingerprint density at radius 1 is 1.30 bits per heavy atom. The summed E-state index contributed by atoms with van der Waals surface area (Å²) in [6.45, 7) is 1.60. The third-order valence-corrected chi connectivity index (χ3v) is 3.93. The molecule has 0 aliphatic rings. The molecule has 0 fully saturated rings. The lowest BCUT2D eigenvalue weighted by atomic mass is 10.1. The molecule has 130 valence electrons. The van der Waals surface area contributed by atoms with Crippen molar-refractivity contribution in [2.24, 2.45) is 5.14 Å². The van der Waals surface area contributed by atoms with Crippen LogP contribution >= 0.6 is 0 Å². The van der Waals surface area contributed by atoms with Crippen molar-refractivity contribution in [1.82, 2.24) is 5.32 Å². The van der Waals surface area contributed by atoms with Gasteiger partial charge in [-0.3, -0.25) is 0 Å². The van der Waals surface area contributed by atoms with Gasteiger partial charge in [-0.15, -0.1) is 0 Å². The summed E-state index contributed by atoms with van der Waals surface area (Å²) in [7, 11) is -3.94. The monoisotopic (exact) mass is 353 g/mol. The number of alkyl halides is 3. The number of nitrogens with two attached hydrogens (primary N) is 1. The molecule has 10 heteroatoms. The van der Waals surface area contributed by atoms with Crippen molar-refractivity contribution in [2.75, 3.05) is 11.9 Å². The Hall–Kier alpha value is -1.81. The third kappa shape index (κ3) is 6.87. The van der Waals surface area contributed by atoms with Crippen LogP contribution in [-0.4, -0.2) is 27.2 Å². The number of rotatable bonds is 6. The fraction of sp³-hybridized carbons (Fsp3) is 0.462. The number of amides is 2. The summed E-state index contributed by atoms with van der Waals surface area (Å²) in [6, 6.07) is 3.49. The quantitative estimate of drug-likeness (QED) is 0.684. The Kier molecular flexibility index (Phi) is 6.39. The van der Waals surface area contributed by atoms with E-state index >= 15 is 0 Å². The van der Waals surface area contributed by atoms with E-state index in [2.05, 4.69) is 10.6 Å². The highest BCUT2D eigenvalue weighted by atomic mass is 32.2. The van der Waals surface area contributed by atoms with E-state index in [1.165, 1.54) is 18.2 Å². The van der Waals surface area contributed by atoms with Crippen LogP contribution in [0.25, 0.3) is 0 Å². The molecule has 0 saturated carbocycles.